The Hall–Kier alpha value is -0.817. The summed E-state index contributed by atoms with van der Waals surface area (Å²) < 4.78 is 5.05. The molecule has 3 unspecified atom stereocenters. The van der Waals surface area contributed by atoms with Gasteiger partial charge in [0.1, 0.15) is 0 Å². The summed E-state index contributed by atoms with van der Waals surface area (Å²) in [6.45, 7) is 2.53. The van der Waals surface area contributed by atoms with E-state index in [1.807, 2.05) is 3.28 Å². The number of anilines is 1. The van der Waals surface area contributed by atoms with Crippen molar-refractivity contribution in [3.63, 3.8) is 0 Å². The average Bonchev–Trinajstić information content (AvgIpc) is 3.02. The number of nitrogens with zero attached hydrogens (tertiary/aromatic N) is 1. The molecule has 4 heteroatoms. The van der Waals surface area contributed by atoms with Crippen molar-refractivity contribution in [2.45, 2.75) is 24.7 Å². The van der Waals surface area contributed by atoms with E-state index in [0.717, 1.165) is 3.63 Å². The SMILES string of the molecule is C[CH]1[CH2][Zr+2]1([C]1=CC=CC1)[CH]1c2ccccc2-c2c1cccc2N(C)C.[Cl-].[Cl-]. The van der Waals surface area contributed by atoms with Gasteiger partial charge in [0.25, 0.3) is 0 Å². The molecule has 0 spiro atoms. The normalized spacial score (nSPS) is 24.0. The fourth-order valence-corrected chi connectivity index (χ4v) is 22.1. The van der Waals surface area contributed by atoms with E-state index < -0.39 is 20.3 Å². The van der Waals surface area contributed by atoms with Crippen LogP contribution < -0.4 is 29.7 Å². The van der Waals surface area contributed by atoms with Crippen LogP contribution in [-0.2, 0) is 20.3 Å². The van der Waals surface area contributed by atoms with Gasteiger partial charge in [0.05, 0.1) is 0 Å². The van der Waals surface area contributed by atoms with Crippen LogP contribution in [-0.4, -0.2) is 14.1 Å². The summed E-state index contributed by atoms with van der Waals surface area (Å²) in [4.78, 5) is 2.28. The molecule has 0 N–H and O–H groups in total. The predicted molar refractivity (Wildman–Crippen MR) is 104 cm³/mol. The molecule has 0 radical (unpaired) electrons. The van der Waals surface area contributed by atoms with Crippen LogP contribution in [0.15, 0.2) is 64.0 Å². The van der Waals surface area contributed by atoms with Crippen molar-refractivity contribution in [2.75, 3.05) is 19.0 Å². The van der Waals surface area contributed by atoms with Gasteiger partial charge in [-0.25, -0.2) is 0 Å². The Morgan fingerprint density at radius 1 is 0.963 bits per heavy atom. The molecule has 27 heavy (non-hydrogen) atoms. The van der Waals surface area contributed by atoms with E-state index >= 15 is 0 Å². The number of fused-ring (bicyclic) bond motifs is 3. The van der Waals surface area contributed by atoms with Gasteiger partial charge in [-0.2, -0.15) is 0 Å². The fourth-order valence-electron chi connectivity index (χ4n) is 5.44. The Kier molecular flexibility index (Phi) is 5.84. The van der Waals surface area contributed by atoms with Crippen molar-refractivity contribution in [3.8, 4) is 11.1 Å². The summed E-state index contributed by atoms with van der Waals surface area (Å²) >= 11 is -2.39. The first kappa shape index (κ1) is 20.9. The Morgan fingerprint density at radius 2 is 1.67 bits per heavy atom. The fraction of sp³-hybridized carbons (Fsp3) is 0.304. The van der Waals surface area contributed by atoms with Crippen LogP contribution in [0, 0.1) is 0 Å². The summed E-state index contributed by atoms with van der Waals surface area (Å²) in [5, 5.41) is 0. The Bertz CT molecular complexity index is 934. The van der Waals surface area contributed by atoms with Crippen molar-refractivity contribution in [1.82, 2.24) is 0 Å². The zero-order valence-corrected chi connectivity index (χ0v) is 20.0. The third-order valence-electron chi connectivity index (χ3n) is 6.66. The van der Waals surface area contributed by atoms with Crippen LogP contribution in [0.25, 0.3) is 11.1 Å². The molecule has 0 bridgehead atoms. The molecule has 5 rings (SSSR count). The molecule has 3 aliphatic rings. The quantitative estimate of drug-likeness (QED) is 0.605. The molecule has 2 aromatic carbocycles. The second-order valence-electron chi connectivity index (χ2n) is 8.13. The van der Waals surface area contributed by atoms with Crippen molar-refractivity contribution in [2.24, 2.45) is 0 Å². The zero-order valence-electron chi connectivity index (χ0n) is 16.0. The van der Waals surface area contributed by atoms with Gasteiger partial charge in [0, 0.05) is 0 Å². The first-order chi connectivity index (χ1) is 12.1. The summed E-state index contributed by atoms with van der Waals surface area (Å²) in [5.41, 5.74) is 7.63. The van der Waals surface area contributed by atoms with Crippen LogP contribution in [0.1, 0.15) is 28.1 Å². The van der Waals surface area contributed by atoms with E-state index in [1.54, 1.807) is 11.1 Å². The van der Waals surface area contributed by atoms with Gasteiger partial charge >= 0.3 is 156 Å². The second kappa shape index (κ2) is 7.54. The standard InChI is InChI=1S/C15H14N.C5H5.C3H6.2ClH.Zr/c1-16(2)14-9-5-7-12-10-11-6-3-4-8-13(11)15(12)14;1-2-4-5-3-1;1-3-2;;;/h3-10H,1-2H3;1-3H,4H2;3H,1H2,2H3;2*1H;/q;;;;;+2/p-2. The molecule has 0 saturated carbocycles. The average molecular weight is 478 g/mol. The van der Waals surface area contributed by atoms with Crippen LogP contribution >= 0.6 is 0 Å². The molecular weight excluding hydrogens is 452 g/mol. The number of allylic oxidation sites excluding steroid dienone is 4. The van der Waals surface area contributed by atoms with Crippen molar-refractivity contribution >= 4 is 5.69 Å². The minimum atomic E-state index is -2.39. The van der Waals surface area contributed by atoms with Gasteiger partial charge in [-0.1, -0.05) is 0 Å². The van der Waals surface area contributed by atoms with Gasteiger partial charge in [-0.3, -0.25) is 0 Å². The molecule has 1 nitrogen and oxygen atoms in total. The van der Waals surface area contributed by atoms with E-state index in [2.05, 4.69) is 86.6 Å². The zero-order chi connectivity index (χ0) is 17.2. The van der Waals surface area contributed by atoms with Crippen molar-refractivity contribution in [3.05, 3.63) is 75.1 Å². The molecule has 2 aromatic rings. The number of hydrogen-bond acceptors (Lipinski definition) is 1. The third kappa shape index (κ3) is 2.91. The van der Waals surface area contributed by atoms with E-state index in [-0.39, 0.29) is 24.8 Å². The molecule has 2 aliphatic carbocycles. The van der Waals surface area contributed by atoms with Crippen LogP contribution in [0.2, 0.25) is 7.75 Å². The van der Waals surface area contributed by atoms with E-state index in [9.17, 15) is 0 Å². The first-order valence-corrected chi connectivity index (χ1v) is 15.2. The van der Waals surface area contributed by atoms with Gasteiger partial charge in [-0.15, -0.1) is 0 Å². The molecule has 1 saturated heterocycles. The van der Waals surface area contributed by atoms with Crippen LogP contribution in [0.3, 0.4) is 0 Å². The van der Waals surface area contributed by atoms with E-state index in [0.29, 0.717) is 3.63 Å². The largest absolute Gasteiger partial charge is 1.00 e. The molecule has 1 aliphatic heterocycles. The molecule has 0 aromatic heterocycles. The Labute approximate surface area is 179 Å². The van der Waals surface area contributed by atoms with Gasteiger partial charge < -0.3 is 24.8 Å². The van der Waals surface area contributed by atoms with Crippen LogP contribution in [0.4, 0.5) is 5.69 Å². The van der Waals surface area contributed by atoms with Gasteiger partial charge in [0.2, 0.25) is 0 Å². The topological polar surface area (TPSA) is 3.24 Å². The van der Waals surface area contributed by atoms with E-state index in [1.165, 1.54) is 27.4 Å². The van der Waals surface area contributed by atoms with E-state index in [4.69, 9.17) is 0 Å². The summed E-state index contributed by atoms with van der Waals surface area (Å²) in [7, 11) is 4.35. The smallest absolute Gasteiger partial charge is 1.00 e. The Balaban J connectivity index is 0.00000105. The van der Waals surface area contributed by atoms with Crippen LogP contribution in [0.5, 0.6) is 0 Å². The minimum absolute atomic E-state index is 0. The molecule has 0 amide bonds. The molecule has 140 valence electrons. The van der Waals surface area contributed by atoms with Crippen molar-refractivity contribution < 1.29 is 45.1 Å². The maximum Gasteiger partial charge on any atom is -1.00 e. The number of rotatable bonds is 3. The first-order valence-electron chi connectivity index (χ1n) is 9.40. The minimum Gasteiger partial charge on any atom is -1.00 e. The van der Waals surface area contributed by atoms with Gasteiger partial charge in [0.15, 0.2) is 0 Å². The predicted octanol–water partition coefficient (Wildman–Crippen LogP) is 0.0684. The summed E-state index contributed by atoms with van der Waals surface area (Å²) in [5.74, 6) is 0. The maximum atomic E-state index is 2.53. The number of halogens is 2. The molecule has 1 heterocycles. The molecule has 3 atom stereocenters. The monoisotopic (exact) mass is 475 g/mol. The molecular formula is C23H25Cl2NZr. The second-order valence-corrected chi connectivity index (χ2v) is 19.7. The van der Waals surface area contributed by atoms with Gasteiger partial charge in [-0.05, 0) is 0 Å². The third-order valence-corrected chi connectivity index (χ3v) is 21.3. The Morgan fingerprint density at radius 3 is 2.30 bits per heavy atom. The number of hydrogen-bond donors (Lipinski definition) is 0. The number of benzene rings is 2. The van der Waals surface area contributed by atoms with Crippen molar-refractivity contribution in [1.29, 1.82) is 0 Å². The molecule has 1 fully saturated rings. The summed E-state index contributed by atoms with van der Waals surface area (Å²) in [6.07, 6.45) is 8.38. The summed E-state index contributed by atoms with van der Waals surface area (Å²) in [6, 6.07) is 16.2. The maximum absolute atomic E-state index is 2.53.